The van der Waals surface area contributed by atoms with Crippen molar-refractivity contribution < 1.29 is 4.74 Å². The number of hydrogen-bond acceptors (Lipinski definition) is 3. The first-order chi connectivity index (χ1) is 8.43. The van der Waals surface area contributed by atoms with E-state index < -0.39 is 0 Å². The van der Waals surface area contributed by atoms with Crippen LogP contribution in [0, 0.1) is 5.92 Å². The number of nitrogen functional groups attached to an aromatic ring is 1. The fourth-order valence-corrected chi connectivity index (χ4v) is 2.18. The van der Waals surface area contributed by atoms with E-state index in [0.717, 1.165) is 23.9 Å². The van der Waals surface area contributed by atoms with E-state index in [9.17, 15) is 0 Å². The average Bonchev–Trinajstić information content (AvgIpc) is 2.30. The van der Waals surface area contributed by atoms with Gasteiger partial charge in [-0.1, -0.05) is 19.9 Å². The molecule has 0 aliphatic heterocycles. The van der Waals surface area contributed by atoms with Crippen LogP contribution in [-0.2, 0) is 6.54 Å². The van der Waals surface area contributed by atoms with E-state index in [2.05, 4.69) is 32.7 Å². The first kappa shape index (κ1) is 14.8. The summed E-state index contributed by atoms with van der Waals surface area (Å²) in [5.41, 5.74) is 7.69. The lowest BCUT2D eigenvalue weighted by atomic mass is 10.0. The summed E-state index contributed by atoms with van der Waals surface area (Å²) in [6.45, 7) is 7.67. The van der Waals surface area contributed by atoms with E-state index in [1.807, 2.05) is 18.2 Å². The van der Waals surface area contributed by atoms with Gasteiger partial charge in [-0.3, -0.25) is 4.90 Å². The molecule has 0 saturated heterocycles. The van der Waals surface area contributed by atoms with Crippen LogP contribution in [-0.4, -0.2) is 25.1 Å². The van der Waals surface area contributed by atoms with Gasteiger partial charge in [0.25, 0.3) is 0 Å². The Morgan fingerprint density at radius 1 is 1.28 bits per heavy atom. The zero-order valence-corrected chi connectivity index (χ0v) is 12.2. The summed E-state index contributed by atoms with van der Waals surface area (Å²) in [5, 5.41) is 0. The van der Waals surface area contributed by atoms with Gasteiger partial charge >= 0.3 is 0 Å². The fraction of sp³-hybridized carbons (Fsp3) is 0.600. The molecule has 102 valence electrons. The molecule has 0 radical (unpaired) electrons. The quantitative estimate of drug-likeness (QED) is 0.788. The number of nitrogens with two attached hydrogens (primary N) is 1. The number of ether oxygens (including phenoxy) is 1. The van der Waals surface area contributed by atoms with Crippen LogP contribution >= 0.6 is 0 Å². The van der Waals surface area contributed by atoms with Crippen molar-refractivity contribution in [2.45, 2.75) is 39.8 Å². The summed E-state index contributed by atoms with van der Waals surface area (Å²) in [6, 6.07) is 6.43. The number of benzene rings is 1. The minimum atomic E-state index is 0.562. The van der Waals surface area contributed by atoms with E-state index >= 15 is 0 Å². The molecule has 3 heteroatoms. The maximum atomic E-state index is 5.77. The standard InChI is InChI=1S/C15H26N2O/c1-11(2)8-12(3)17(4)10-13-6-7-14(16)9-15(13)18-5/h6-7,9,11-12H,8,10,16H2,1-5H3. The highest BCUT2D eigenvalue weighted by Crippen LogP contribution is 2.23. The molecule has 18 heavy (non-hydrogen) atoms. The molecule has 0 saturated carbocycles. The lowest BCUT2D eigenvalue weighted by Gasteiger charge is -2.26. The molecule has 1 rings (SSSR count). The van der Waals surface area contributed by atoms with E-state index in [0.29, 0.717) is 6.04 Å². The van der Waals surface area contributed by atoms with Gasteiger partial charge in [0.2, 0.25) is 0 Å². The van der Waals surface area contributed by atoms with Gasteiger partial charge in [-0.15, -0.1) is 0 Å². The van der Waals surface area contributed by atoms with Crippen LogP contribution in [0.3, 0.4) is 0 Å². The van der Waals surface area contributed by atoms with Crippen LogP contribution in [0.5, 0.6) is 5.75 Å². The Kier molecular flexibility index (Phi) is 5.48. The summed E-state index contributed by atoms with van der Waals surface area (Å²) in [7, 11) is 3.85. The van der Waals surface area contributed by atoms with Crippen molar-refractivity contribution in [1.82, 2.24) is 4.90 Å². The SMILES string of the molecule is COc1cc(N)ccc1CN(C)C(C)CC(C)C. The van der Waals surface area contributed by atoms with Crippen molar-refractivity contribution in [1.29, 1.82) is 0 Å². The Hall–Kier alpha value is -1.22. The van der Waals surface area contributed by atoms with Gasteiger partial charge in [0.15, 0.2) is 0 Å². The van der Waals surface area contributed by atoms with Crippen molar-refractivity contribution >= 4 is 5.69 Å². The zero-order valence-electron chi connectivity index (χ0n) is 12.2. The molecule has 2 N–H and O–H groups in total. The molecule has 0 heterocycles. The highest BCUT2D eigenvalue weighted by Gasteiger charge is 2.13. The van der Waals surface area contributed by atoms with Crippen LogP contribution in [0.15, 0.2) is 18.2 Å². The van der Waals surface area contributed by atoms with E-state index in [1.54, 1.807) is 7.11 Å². The lowest BCUT2D eigenvalue weighted by Crippen LogP contribution is -2.29. The topological polar surface area (TPSA) is 38.5 Å². The van der Waals surface area contributed by atoms with Crippen LogP contribution in [0.2, 0.25) is 0 Å². The summed E-state index contributed by atoms with van der Waals surface area (Å²) in [5.74, 6) is 1.59. The first-order valence-electron chi connectivity index (χ1n) is 6.56. The molecule has 0 aromatic heterocycles. The van der Waals surface area contributed by atoms with Crippen molar-refractivity contribution in [2.24, 2.45) is 5.92 Å². The fourth-order valence-electron chi connectivity index (χ4n) is 2.18. The number of nitrogens with zero attached hydrogens (tertiary/aromatic N) is 1. The number of rotatable bonds is 6. The van der Waals surface area contributed by atoms with Crippen molar-refractivity contribution in [3.05, 3.63) is 23.8 Å². The number of anilines is 1. The molecule has 1 aromatic carbocycles. The van der Waals surface area contributed by atoms with Crippen molar-refractivity contribution in [2.75, 3.05) is 19.9 Å². The molecule has 0 spiro atoms. The molecule has 3 nitrogen and oxygen atoms in total. The van der Waals surface area contributed by atoms with Gasteiger partial charge in [-0.05, 0) is 32.4 Å². The molecule has 0 amide bonds. The van der Waals surface area contributed by atoms with Crippen LogP contribution in [0.4, 0.5) is 5.69 Å². The molecule has 1 atom stereocenters. The largest absolute Gasteiger partial charge is 0.496 e. The van der Waals surface area contributed by atoms with Gasteiger partial charge in [-0.2, -0.15) is 0 Å². The second-order valence-electron chi connectivity index (χ2n) is 5.46. The maximum Gasteiger partial charge on any atom is 0.125 e. The van der Waals surface area contributed by atoms with E-state index in [1.165, 1.54) is 12.0 Å². The molecule has 1 unspecified atom stereocenters. The average molecular weight is 250 g/mol. The summed E-state index contributed by atoms with van der Waals surface area (Å²) in [4.78, 5) is 2.36. The van der Waals surface area contributed by atoms with Gasteiger partial charge < -0.3 is 10.5 Å². The van der Waals surface area contributed by atoms with Crippen molar-refractivity contribution in [3.63, 3.8) is 0 Å². The molecule has 0 bridgehead atoms. The summed E-state index contributed by atoms with van der Waals surface area (Å²) < 4.78 is 5.38. The van der Waals surface area contributed by atoms with Gasteiger partial charge in [0.1, 0.15) is 5.75 Å². The monoisotopic (exact) mass is 250 g/mol. The Morgan fingerprint density at radius 2 is 1.94 bits per heavy atom. The lowest BCUT2D eigenvalue weighted by molar-refractivity contribution is 0.218. The first-order valence-corrected chi connectivity index (χ1v) is 6.56. The predicted octanol–water partition coefficient (Wildman–Crippen LogP) is 3.14. The number of hydrogen-bond donors (Lipinski definition) is 1. The third-order valence-corrected chi connectivity index (χ3v) is 3.30. The van der Waals surface area contributed by atoms with E-state index in [4.69, 9.17) is 10.5 Å². The molecular formula is C15H26N2O. The molecule has 0 aliphatic carbocycles. The minimum absolute atomic E-state index is 0.562. The molecule has 0 aliphatic rings. The number of methoxy groups -OCH3 is 1. The van der Waals surface area contributed by atoms with Crippen LogP contribution in [0.1, 0.15) is 32.8 Å². The van der Waals surface area contributed by atoms with Crippen LogP contribution in [0.25, 0.3) is 0 Å². The Bertz CT molecular complexity index is 377. The highest BCUT2D eigenvalue weighted by molar-refractivity contribution is 5.48. The van der Waals surface area contributed by atoms with E-state index in [-0.39, 0.29) is 0 Å². The molecule has 0 fully saturated rings. The van der Waals surface area contributed by atoms with Gasteiger partial charge in [0, 0.05) is 29.9 Å². The third kappa shape index (κ3) is 4.22. The molecular weight excluding hydrogens is 224 g/mol. The Balaban J connectivity index is 2.72. The molecule has 1 aromatic rings. The minimum Gasteiger partial charge on any atom is -0.496 e. The summed E-state index contributed by atoms with van der Waals surface area (Å²) in [6.07, 6.45) is 1.20. The zero-order chi connectivity index (χ0) is 13.7. The highest BCUT2D eigenvalue weighted by atomic mass is 16.5. The Labute approximate surface area is 111 Å². The predicted molar refractivity (Wildman–Crippen MR) is 77.8 cm³/mol. The van der Waals surface area contributed by atoms with Crippen molar-refractivity contribution in [3.8, 4) is 5.75 Å². The third-order valence-electron chi connectivity index (χ3n) is 3.30. The normalized spacial score (nSPS) is 13.1. The Morgan fingerprint density at radius 3 is 2.50 bits per heavy atom. The smallest absolute Gasteiger partial charge is 0.125 e. The second kappa shape index (κ2) is 6.64. The van der Waals surface area contributed by atoms with Crippen LogP contribution < -0.4 is 10.5 Å². The van der Waals surface area contributed by atoms with Gasteiger partial charge in [-0.25, -0.2) is 0 Å². The van der Waals surface area contributed by atoms with Gasteiger partial charge in [0.05, 0.1) is 7.11 Å². The second-order valence-corrected chi connectivity index (χ2v) is 5.46. The summed E-state index contributed by atoms with van der Waals surface area (Å²) >= 11 is 0. The maximum absolute atomic E-state index is 5.77.